The predicted molar refractivity (Wildman–Crippen MR) is 74.7 cm³/mol. The highest BCUT2D eigenvalue weighted by atomic mass is 32.1. The van der Waals surface area contributed by atoms with E-state index in [1.54, 1.807) is 6.92 Å². The number of nitrogen functional groups attached to an aromatic ring is 1. The van der Waals surface area contributed by atoms with Crippen LogP contribution in [-0.2, 0) is 9.47 Å². The first-order chi connectivity index (χ1) is 8.94. The van der Waals surface area contributed by atoms with Crippen molar-refractivity contribution in [2.24, 2.45) is 0 Å². The Morgan fingerprint density at radius 2 is 2.37 bits per heavy atom. The van der Waals surface area contributed by atoms with E-state index < -0.39 is 5.97 Å². The van der Waals surface area contributed by atoms with Gasteiger partial charge in [0.25, 0.3) is 0 Å². The number of nitrogens with zero attached hydrogens (tertiary/aromatic N) is 2. The Labute approximate surface area is 116 Å². The molecule has 0 atom stereocenters. The van der Waals surface area contributed by atoms with E-state index in [2.05, 4.69) is 9.27 Å². The molecule has 1 aromatic heterocycles. The molecule has 1 aromatic rings. The monoisotopic (exact) mass is 285 g/mol. The summed E-state index contributed by atoms with van der Waals surface area (Å²) in [6.07, 6.45) is 0. The maximum Gasteiger partial charge on any atom is 0.345 e. The number of carbonyl (C=O) groups excluding carboxylic acids is 1. The van der Waals surface area contributed by atoms with Gasteiger partial charge in [0.2, 0.25) is 0 Å². The number of carbonyl (C=O) groups is 1. The molecule has 1 aliphatic heterocycles. The van der Waals surface area contributed by atoms with Crippen molar-refractivity contribution in [3.8, 4) is 0 Å². The normalized spacial score (nSPS) is 18.4. The van der Waals surface area contributed by atoms with Crippen molar-refractivity contribution in [2.75, 3.05) is 36.9 Å². The molecule has 0 aromatic carbocycles. The Morgan fingerprint density at radius 1 is 1.63 bits per heavy atom. The lowest BCUT2D eigenvalue weighted by Gasteiger charge is -2.38. The second kappa shape index (κ2) is 5.34. The molecular weight excluding hydrogens is 266 g/mol. The van der Waals surface area contributed by atoms with E-state index in [9.17, 15) is 4.79 Å². The number of esters is 1. The molecule has 2 heterocycles. The Morgan fingerprint density at radius 3 is 3.00 bits per heavy atom. The molecule has 0 spiro atoms. The fraction of sp³-hybridized carbons (Fsp3) is 0.667. The van der Waals surface area contributed by atoms with Crippen molar-refractivity contribution in [1.82, 2.24) is 4.37 Å². The maximum atomic E-state index is 12.0. The summed E-state index contributed by atoms with van der Waals surface area (Å²) < 4.78 is 14.8. The number of hydrogen-bond donors (Lipinski definition) is 1. The third-order valence-electron chi connectivity index (χ3n) is 2.89. The molecule has 1 saturated heterocycles. The summed E-state index contributed by atoms with van der Waals surface area (Å²) in [7, 11) is 0. The average Bonchev–Trinajstić information content (AvgIpc) is 2.70. The fourth-order valence-corrected chi connectivity index (χ4v) is 2.92. The largest absolute Gasteiger partial charge is 0.462 e. The second-order valence-corrected chi connectivity index (χ2v) is 5.75. The van der Waals surface area contributed by atoms with Gasteiger partial charge in [0.15, 0.2) is 5.82 Å². The molecule has 106 valence electrons. The Balaban J connectivity index is 2.27. The van der Waals surface area contributed by atoms with E-state index in [1.165, 1.54) is 11.5 Å². The summed E-state index contributed by atoms with van der Waals surface area (Å²) in [5, 5.41) is 0.771. The Kier molecular flexibility index (Phi) is 3.96. The molecule has 0 bridgehead atoms. The summed E-state index contributed by atoms with van der Waals surface area (Å²) >= 11 is 1.23. The van der Waals surface area contributed by atoms with Crippen LogP contribution in [0.2, 0.25) is 0 Å². The summed E-state index contributed by atoms with van der Waals surface area (Å²) in [5.74, 6) is -0.171. The standard InChI is InChI=1S/C12H19N3O3S/c1-4-17-11(16)8-9(13)14-19-10(8)15-5-6-18-12(2,3)7-15/h4-7H2,1-3H3,(H2,13,14). The zero-order chi connectivity index (χ0) is 14.0. The van der Waals surface area contributed by atoms with Gasteiger partial charge in [0, 0.05) is 13.1 Å². The van der Waals surface area contributed by atoms with Crippen molar-refractivity contribution in [1.29, 1.82) is 0 Å². The molecule has 0 aliphatic carbocycles. The van der Waals surface area contributed by atoms with Crippen LogP contribution in [-0.4, -0.2) is 42.2 Å². The van der Waals surface area contributed by atoms with Crippen LogP contribution in [0.3, 0.4) is 0 Å². The van der Waals surface area contributed by atoms with Crippen molar-refractivity contribution < 1.29 is 14.3 Å². The van der Waals surface area contributed by atoms with Gasteiger partial charge in [-0.2, -0.15) is 4.37 Å². The van der Waals surface area contributed by atoms with Gasteiger partial charge >= 0.3 is 5.97 Å². The fourth-order valence-electron chi connectivity index (χ4n) is 2.09. The number of nitrogens with two attached hydrogens (primary N) is 1. The van der Waals surface area contributed by atoms with E-state index in [4.69, 9.17) is 15.2 Å². The van der Waals surface area contributed by atoms with Gasteiger partial charge in [-0.3, -0.25) is 0 Å². The third-order valence-corrected chi connectivity index (χ3v) is 3.82. The van der Waals surface area contributed by atoms with Crippen LogP contribution in [0.4, 0.5) is 10.8 Å². The molecule has 0 radical (unpaired) electrons. The smallest absolute Gasteiger partial charge is 0.345 e. The second-order valence-electron chi connectivity index (χ2n) is 5.00. The maximum absolute atomic E-state index is 12.0. The zero-order valence-corrected chi connectivity index (χ0v) is 12.2. The van der Waals surface area contributed by atoms with Crippen molar-refractivity contribution in [3.05, 3.63) is 5.56 Å². The first-order valence-corrected chi connectivity index (χ1v) is 7.03. The van der Waals surface area contributed by atoms with Crippen LogP contribution in [0, 0.1) is 0 Å². The molecule has 0 unspecified atom stereocenters. The number of ether oxygens (including phenoxy) is 2. The minimum absolute atomic E-state index is 0.239. The highest BCUT2D eigenvalue weighted by molar-refractivity contribution is 7.11. The number of aromatic nitrogens is 1. The first-order valence-electron chi connectivity index (χ1n) is 6.26. The van der Waals surface area contributed by atoms with Gasteiger partial charge < -0.3 is 20.1 Å². The quantitative estimate of drug-likeness (QED) is 0.848. The van der Waals surface area contributed by atoms with Crippen molar-refractivity contribution >= 4 is 28.3 Å². The van der Waals surface area contributed by atoms with Gasteiger partial charge in [-0.25, -0.2) is 4.79 Å². The van der Waals surface area contributed by atoms with Crippen LogP contribution in [0.25, 0.3) is 0 Å². The minimum Gasteiger partial charge on any atom is -0.462 e. The molecule has 0 amide bonds. The average molecular weight is 285 g/mol. The number of morpholine rings is 1. The molecule has 2 rings (SSSR count). The Hall–Kier alpha value is -1.34. The van der Waals surface area contributed by atoms with Crippen LogP contribution in [0.15, 0.2) is 0 Å². The lowest BCUT2D eigenvalue weighted by molar-refractivity contribution is -0.0275. The van der Waals surface area contributed by atoms with Gasteiger partial charge in [0.05, 0.1) is 18.8 Å². The van der Waals surface area contributed by atoms with Crippen LogP contribution < -0.4 is 10.6 Å². The summed E-state index contributed by atoms with van der Waals surface area (Å²) in [4.78, 5) is 14.0. The van der Waals surface area contributed by atoms with Crippen LogP contribution in [0.5, 0.6) is 0 Å². The molecule has 1 aliphatic rings. The molecule has 7 heteroatoms. The number of rotatable bonds is 3. The van der Waals surface area contributed by atoms with Crippen LogP contribution in [0.1, 0.15) is 31.1 Å². The third kappa shape index (κ3) is 2.98. The van der Waals surface area contributed by atoms with E-state index in [0.717, 1.165) is 11.5 Å². The minimum atomic E-state index is -0.409. The topological polar surface area (TPSA) is 77.7 Å². The lowest BCUT2D eigenvalue weighted by atomic mass is 10.1. The highest BCUT2D eigenvalue weighted by Crippen LogP contribution is 2.33. The van der Waals surface area contributed by atoms with Crippen molar-refractivity contribution in [2.45, 2.75) is 26.4 Å². The number of anilines is 2. The van der Waals surface area contributed by atoms with E-state index >= 15 is 0 Å². The van der Waals surface area contributed by atoms with Gasteiger partial charge in [0.1, 0.15) is 10.6 Å². The summed E-state index contributed by atoms with van der Waals surface area (Å²) in [6, 6.07) is 0. The van der Waals surface area contributed by atoms with E-state index in [-0.39, 0.29) is 11.4 Å². The molecule has 19 heavy (non-hydrogen) atoms. The van der Waals surface area contributed by atoms with Crippen molar-refractivity contribution in [3.63, 3.8) is 0 Å². The summed E-state index contributed by atoms with van der Waals surface area (Å²) in [5.41, 5.74) is 5.92. The molecule has 6 nitrogen and oxygen atoms in total. The van der Waals surface area contributed by atoms with E-state index in [1.807, 2.05) is 13.8 Å². The Bertz CT molecular complexity index is 473. The van der Waals surface area contributed by atoms with Gasteiger partial charge in [-0.1, -0.05) is 0 Å². The van der Waals surface area contributed by atoms with Gasteiger partial charge in [-0.15, -0.1) is 0 Å². The molecule has 2 N–H and O–H groups in total. The molecule has 1 fully saturated rings. The van der Waals surface area contributed by atoms with Gasteiger partial charge in [-0.05, 0) is 32.3 Å². The first kappa shape index (κ1) is 14.1. The van der Waals surface area contributed by atoms with Crippen LogP contribution >= 0.6 is 11.5 Å². The number of hydrogen-bond acceptors (Lipinski definition) is 7. The summed E-state index contributed by atoms with van der Waals surface area (Å²) in [6.45, 7) is 8.17. The zero-order valence-electron chi connectivity index (χ0n) is 11.4. The molecular formula is C12H19N3O3S. The molecule has 0 saturated carbocycles. The highest BCUT2D eigenvalue weighted by Gasteiger charge is 2.32. The SMILES string of the molecule is CCOC(=O)c1c(N)nsc1N1CCOC(C)(C)C1. The van der Waals surface area contributed by atoms with E-state index in [0.29, 0.717) is 25.3 Å². The predicted octanol–water partition coefficient (Wildman–Crippen LogP) is 1.52. The lowest BCUT2D eigenvalue weighted by Crippen LogP contribution is -2.48.